The summed E-state index contributed by atoms with van der Waals surface area (Å²) in [7, 11) is 0. The molecule has 3 rings (SSSR count). The zero-order valence-corrected chi connectivity index (χ0v) is 8.72. The molecule has 80 valence electrons. The average molecular weight is 213 g/mol. The summed E-state index contributed by atoms with van der Waals surface area (Å²) in [6.07, 6.45) is 11.2. The van der Waals surface area contributed by atoms with Crippen LogP contribution < -0.4 is 5.43 Å². The van der Waals surface area contributed by atoms with Gasteiger partial charge in [-0.3, -0.25) is 4.79 Å². The molecule has 0 fully saturated rings. The summed E-state index contributed by atoms with van der Waals surface area (Å²) in [5.41, 5.74) is 2.06. The maximum absolute atomic E-state index is 11.4. The second-order valence-electron chi connectivity index (χ2n) is 3.84. The van der Waals surface area contributed by atoms with Crippen LogP contribution >= 0.6 is 0 Å². The van der Waals surface area contributed by atoms with Gasteiger partial charge in [-0.2, -0.15) is 0 Å². The summed E-state index contributed by atoms with van der Waals surface area (Å²) in [4.78, 5) is 11.4. The molecule has 0 aromatic carbocycles. The van der Waals surface area contributed by atoms with Gasteiger partial charge in [-0.1, -0.05) is 6.08 Å². The van der Waals surface area contributed by atoms with Crippen LogP contribution in [0.2, 0.25) is 0 Å². The van der Waals surface area contributed by atoms with Crippen LogP contribution in [-0.2, 0) is 4.74 Å². The van der Waals surface area contributed by atoms with Crippen LogP contribution in [0.1, 0.15) is 18.5 Å². The predicted molar refractivity (Wildman–Crippen MR) is 62.4 cm³/mol. The highest BCUT2D eigenvalue weighted by atomic mass is 16.5. The van der Waals surface area contributed by atoms with Gasteiger partial charge in [0, 0.05) is 30.1 Å². The van der Waals surface area contributed by atoms with Gasteiger partial charge >= 0.3 is 0 Å². The number of aromatic nitrogens is 1. The van der Waals surface area contributed by atoms with E-state index in [4.69, 9.17) is 4.74 Å². The molecule has 2 aliphatic rings. The van der Waals surface area contributed by atoms with Crippen LogP contribution in [0.3, 0.4) is 0 Å². The molecule has 0 atom stereocenters. The van der Waals surface area contributed by atoms with E-state index >= 15 is 0 Å². The third-order valence-electron chi connectivity index (χ3n) is 2.81. The SMILES string of the molecule is O=c1ccn2c(c1)C1=C(C=CCC1)OC=C2. The zero-order chi connectivity index (χ0) is 11.0. The van der Waals surface area contributed by atoms with E-state index < -0.39 is 0 Å². The first-order chi connectivity index (χ1) is 7.84. The number of rotatable bonds is 0. The van der Waals surface area contributed by atoms with E-state index in [1.807, 2.05) is 16.8 Å². The third-order valence-corrected chi connectivity index (χ3v) is 2.81. The predicted octanol–water partition coefficient (Wildman–Crippen LogP) is 2.37. The molecular weight excluding hydrogens is 202 g/mol. The fourth-order valence-corrected chi connectivity index (χ4v) is 2.04. The minimum Gasteiger partial charge on any atom is -0.463 e. The van der Waals surface area contributed by atoms with Crippen molar-refractivity contribution in [3.05, 3.63) is 58.4 Å². The molecule has 1 aromatic heterocycles. The standard InChI is InChI=1S/C13H11NO2/c15-10-5-6-14-7-8-16-13-4-2-1-3-11(13)12(14)9-10/h2,4-9H,1,3H2. The first-order valence-electron chi connectivity index (χ1n) is 5.30. The van der Waals surface area contributed by atoms with Crippen LogP contribution in [0.15, 0.2) is 47.3 Å². The summed E-state index contributed by atoms with van der Waals surface area (Å²) in [6.45, 7) is 0. The molecule has 2 heterocycles. The highest BCUT2D eigenvalue weighted by Gasteiger charge is 2.16. The summed E-state index contributed by atoms with van der Waals surface area (Å²) in [5.74, 6) is 0.847. The number of hydrogen-bond acceptors (Lipinski definition) is 2. The molecule has 0 amide bonds. The Morgan fingerprint density at radius 2 is 2.31 bits per heavy atom. The Balaban J connectivity index is 2.28. The Bertz CT molecular complexity index is 576. The summed E-state index contributed by atoms with van der Waals surface area (Å²) >= 11 is 0. The summed E-state index contributed by atoms with van der Waals surface area (Å²) in [6, 6.07) is 3.21. The fourth-order valence-electron chi connectivity index (χ4n) is 2.04. The molecule has 16 heavy (non-hydrogen) atoms. The second kappa shape index (κ2) is 3.52. The maximum Gasteiger partial charge on any atom is 0.182 e. The molecule has 1 aromatic rings. The molecule has 0 N–H and O–H groups in total. The Morgan fingerprint density at radius 1 is 1.38 bits per heavy atom. The van der Waals surface area contributed by atoms with Crippen molar-refractivity contribution in [1.82, 2.24) is 4.57 Å². The van der Waals surface area contributed by atoms with Crippen molar-refractivity contribution in [2.45, 2.75) is 12.8 Å². The van der Waals surface area contributed by atoms with Crippen LogP contribution in [0.5, 0.6) is 0 Å². The van der Waals surface area contributed by atoms with Gasteiger partial charge in [-0.15, -0.1) is 0 Å². The van der Waals surface area contributed by atoms with Gasteiger partial charge in [0.15, 0.2) is 5.43 Å². The molecule has 3 heteroatoms. The van der Waals surface area contributed by atoms with Crippen molar-refractivity contribution >= 4 is 11.8 Å². The van der Waals surface area contributed by atoms with Crippen molar-refractivity contribution in [1.29, 1.82) is 0 Å². The molecule has 1 aliphatic heterocycles. The molecular formula is C13H11NO2. The number of ether oxygens (including phenoxy) is 1. The van der Waals surface area contributed by atoms with Crippen LogP contribution in [0, 0.1) is 0 Å². The normalized spacial score (nSPS) is 17.5. The molecule has 0 unspecified atom stereocenters. The van der Waals surface area contributed by atoms with E-state index in [1.165, 1.54) is 0 Å². The quantitative estimate of drug-likeness (QED) is 0.662. The van der Waals surface area contributed by atoms with E-state index in [9.17, 15) is 4.79 Å². The monoisotopic (exact) mass is 213 g/mol. The van der Waals surface area contributed by atoms with Crippen molar-refractivity contribution in [2.24, 2.45) is 0 Å². The molecule has 0 radical (unpaired) electrons. The van der Waals surface area contributed by atoms with E-state index in [0.717, 1.165) is 29.9 Å². The van der Waals surface area contributed by atoms with Crippen molar-refractivity contribution in [3.63, 3.8) is 0 Å². The molecule has 0 saturated heterocycles. The maximum atomic E-state index is 11.4. The van der Waals surface area contributed by atoms with Gasteiger partial charge in [-0.25, -0.2) is 0 Å². The molecule has 3 nitrogen and oxygen atoms in total. The lowest BCUT2D eigenvalue weighted by Crippen LogP contribution is -2.07. The number of fused-ring (bicyclic) bond motifs is 2. The smallest absolute Gasteiger partial charge is 0.182 e. The van der Waals surface area contributed by atoms with Crippen molar-refractivity contribution in [3.8, 4) is 0 Å². The Kier molecular flexibility index (Phi) is 2.03. The van der Waals surface area contributed by atoms with E-state index in [-0.39, 0.29) is 5.43 Å². The molecule has 0 saturated carbocycles. The van der Waals surface area contributed by atoms with Crippen LogP contribution in [-0.4, -0.2) is 4.57 Å². The Labute approximate surface area is 93.0 Å². The van der Waals surface area contributed by atoms with Crippen LogP contribution in [0.25, 0.3) is 11.8 Å². The largest absolute Gasteiger partial charge is 0.463 e. The number of allylic oxidation sites excluding steroid dienone is 3. The van der Waals surface area contributed by atoms with Gasteiger partial charge in [0.2, 0.25) is 0 Å². The van der Waals surface area contributed by atoms with Crippen LogP contribution in [0.4, 0.5) is 0 Å². The lowest BCUT2D eigenvalue weighted by molar-refractivity contribution is 0.371. The van der Waals surface area contributed by atoms with Gasteiger partial charge in [0.1, 0.15) is 12.0 Å². The minimum atomic E-state index is 0.0305. The van der Waals surface area contributed by atoms with Gasteiger partial charge in [0.05, 0.1) is 5.69 Å². The number of hydrogen-bond donors (Lipinski definition) is 0. The Hall–Kier alpha value is -2.03. The molecule has 0 spiro atoms. The van der Waals surface area contributed by atoms with Gasteiger partial charge < -0.3 is 9.30 Å². The van der Waals surface area contributed by atoms with Crippen molar-refractivity contribution in [2.75, 3.05) is 0 Å². The molecule has 1 aliphatic carbocycles. The summed E-state index contributed by atoms with van der Waals surface area (Å²) < 4.78 is 7.44. The van der Waals surface area contributed by atoms with Gasteiger partial charge in [-0.05, 0) is 18.9 Å². The highest BCUT2D eigenvalue weighted by Crippen LogP contribution is 2.30. The first-order valence-corrected chi connectivity index (χ1v) is 5.30. The first kappa shape index (κ1) is 9.21. The second-order valence-corrected chi connectivity index (χ2v) is 3.84. The van der Waals surface area contributed by atoms with E-state index in [0.29, 0.717) is 0 Å². The lowest BCUT2D eigenvalue weighted by atomic mass is 10.00. The topological polar surface area (TPSA) is 31.2 Å². The zero-order valence-electron chi connectivity index (χ0n) is 8.72. The fraction of sp³-hybridized carbons (Fsp3) is 0.154. The Morgan fingerprint density at radius 3 is 3.25 bits per heavy atom. The van der Waals surface area contributed by atoms with Gasteiger partial charge in [0.25, 0.3) is 0 Å². The van der Waals surface area contributed by atoms with E-state index in [2.05, 4.69) is 6.08 Å². The highest BCUT2D eigenvalue weighted by molar-refractivity contribution is 5.70. The minimum absolute atomic E-state index is 0.0305. The summed E-state index contributed by atoms with van der Waals surface area (Å²) in [5, 5.41) is 0. The van der Waals surface area contributed by atoms with E-state index in [1.54, 1.807) is 24.6 Å². The lowest BCUT2D eigenvalue weighted by Gasteiger charge is -2.14. The third kappa shape index (κ3) is 1.41. The number of pyridine rings is 1. The average Bonchev–Trinajstić information content (AvgIpc) is 2.48. The number of nitrogens with zero attached hydrogens (tertiary/aromatic N) is 1. The molecule has 0 bridgehead atoms. The van der Waals surface area contributed by atoms with Crippen molar-refractivity contribution < 1.29 is 4.74 Å².